The smallest absolute Gasteiger partial charge is 0.234 e. The van der Waals surface area contributed by atoms with Crippen molar-refractivity contribution in [1.29, 1.82) is 0 Å². The molecule has 1 aliphatic rings. The number of carbonyl (C=O) groups excluding carboxylic acids is 1. The van der Waals surface area contributed by atoms with Crippen molar-refractivity contribution in [3.05, 3.63) is 35.6 Å². The van der Waals surface area contributed by atoms with Crippen LogP contribution in [-0.2, 0) is 16.1 Å². The summed E-state index contributed by atoms with van der Waals surface area (Å²) in [5, 5.41) is 2.84. The van der Waals surface area contributed by atoms with E-state index < -0.39 is 0 Å². The van der Waals surface area contributed by atoms with Crippen LogP contribution in [0.3, 0.4) is 0 Å². The Bertz CT molecular complexity index is 444. The second-order valence-corrected chi connectivity index (χ2v) is 5.59. The Labute approximate surface area is 125 Å². The third-order valence-corrected chi connectivity index (χ3v) is 3.61. The van der Waals surface area contributed by atoms with Gasteiger partial charge in [-0.25, -0.2) is 4.39 Å². The molecule has 1 unspecified atom stereocenters. The highest BCUT2D eigenvalue weighted by Crippen LogP contribution is 2.13. The summed E-state index contributed by atoms with van der Waals surface area (Å²) in [6.07, 6.45) is 3.66. The Hall–Kier alpha value is -1.46. The fourth-order valence-corrected chi connectivity index (χ4v) is 2.47. The van der Waals surface area contributed by atoms with Crippen LogP contribution < -0.4 is 5.32 Å². The van der Waals surface area contributed by atoms with Gasteiger partial charge in [0.05, 0.1) is 12.6 Å². The molecule has 0 aliphatic carbocycles. The van der Waals surface area contributed by atoms with Crippen molar-refractivity contribution in [2.75, 3.05) is 26.7 Å². The van der Waals surface area contributed by atoms with Gasteiger partial charge >= 0.3 is 0 Å². The van der Waals surface area contributed by atoms with Gasteiger partial charge in [0.15, 0.2) is 0 Å². The Morgan fingerprint density at radius 3 is 2.81 bits per heavy atom. The summed E-state index contributed by atoms with van der Waals surface area (Å²) in [4.78, 5) is 13.8. The second kappa shape index (κ2) is 8.10. The van der Waals surface area contributed by atoms with Crippen molar-refractivity contribution in [1.82, 2.24) is 10.2 Å². The van der Waals surface area contributed by atoms with Gasteiger partial charge in [-0.3, -0.25) is 9.69 Å². The van der Waals surface area contributed by atoms with E-state index in [1.165, 1.54) is 18.6 Å². The zero-order valence-corrected chi connectivity index (χ0v) is 12.5. The van der Waals surface area contributed by atoms with Crippen LogP contribution in [0.1, 0.15) is 24.8 Å². The molecule has 1 aliphatic heterocycles. The van der Waals surface area contributed by atoms with Gasteiger partial charge in [-0.1, -0.05) is 12.1 Å². The molecule has 1 atom stereocenters. The number of ether oxygens (including phenoxy) is 1. The first-order valence-corrected chi connectivity index (χ1v) is 7.45. The number of hydrogen-bond acceptors (Lipinski definition) is 3. The quantitative estimate of drug-likeness (QED) is 0.872. The topological polar surface area (TPSA) is 41.6 Å². The molecule has 116 valence electrons. The third kappa shape index (κ3) is 5.81. The predicted molar refractivity (Wildman–Crippen MR) is 79.3 cm³/mol. The molecule has 0 aromatic heterocycles. The number of rotatable bonds is 6. The van der Waals surface area contributed by atoms with Crippen molar-refractivity contribution < 1.29 is 13.9 Å². The molecule has 5 heteroatoms. The van der Waals surface area contributed by atoms with Gasteiger partial charge in [-0.15, -0.1) is 0 Å². The van der Waals surface area contributed by atoms with Crippen LogP contribution in [0.2, 0.25) is 0 Å². The summed E-state index contributed by atoms with van der Waals surface area (Å²) in [6.45, 7) is 2.38. The molecule has 0 saturated carbocycles. The Morgan fingerprint density at radius 2 is 2.14 bits per heavy atom. The molecule has 0 radical (unpaired) electrons. The molecular weight excluding hydrogens is 271 g/mol. The molecule has 1 aromatic rings. The molecule has 1 saturated heterocycles. The van der Waals surface area contributed by atoms with Gasteiger partial charge < -0.3 is 10.1 Å². The van der Waals surface area contributed by atoms with Gasteiger partial charge in [-0.2, -0.15) is 0 Å². The summed E-state index contributed by atoms with van der Waals surface area (Å²) in [6, 6.07) is 6.15. The molecule has 1 fully saturated rings. The van der Waals surface area contributed by atoms with Gasteiger partial charge in [0.1, 0.15) is 5.82 Å². The van der Waals surface area contributed by atoms with E-state index in [0.717, 1.165) is 31.6 Å². The maximum absolute atomic E-state index is 12.8. The summed E-state index contributed by atoms with van der Waals surface area (Å²) in [5.41, 5.74) is 0.892. The zero-order valence-electron chi connectivity index (χ0n) is 12.5. The summed E-state index contributed by atoms with van der Waals surface area (Å²) < 4.78 is 18.4. The zero-order chi connectivity index (χ0) is 15.1. The summed E-state index contributed by atoms with van der Waals surface area (Å²) in [5.74, 6) is -0.296. The average Bonchev–Trinajstić information content (AvgIpc) is 2.47. The standard InChI is InChI=1S/C16H23FN2O2/c1-19(11-15-4-2-3-9-21-15)12-16(20)18-10-13-5-7-14(17)8-6-13/h5-8,15H,2-4,9-12H2,1H3,(H,18,20). The van der Waals surface area contributed by atoms with E-state index in [2.05, 4.69) is 5.32 Å². The van der Waals surface area contributed by atoms with E-state index >= 15 is 0 Å². The van der Waals surface area contributed by atoms with Crippen LogP contribution in [0.15, 0.2) is 24.3 Å². The van der Waals surface area contributed by atoms with Crippen LogP contribution in [0.25, 0.3) is 0 Å². The van der Waals surface area contributed by atoms with E-state index in [1.807, 2.05) is 11.9 Å². The molecule has 1 aromatic carbocycles. The fraction of sp³-hybridized carbons (Fsp3) is 0.562. The first-order chi connectivity index (χ1) is 10.1. The second-order valence-electron chi connectivity index (χ2n) is 5.59. The molecule has 1 N–H and O–H groups in total. The Morgan fingerprint density at radius 1 is 1.38 bits per heavy atom. The van der Waals surface area contributed by atoms with Crippen molar-refractivity contribution in [2.45, 2.75) is 31.9 Å². The fourth-order valence-electron chi connectivity index (χ4n) is 2.47. The van der Waals surface area contributed by atoms with E-state index in [1.54, 1.807) is 12.1 Å². The number of nitrogens with zero attached hydrogens (tertiary/aromatic N) is 1. The number of carbonyl (C=O) groups is 1. The van der Waals surface area contributed by atoms with Gasteiger partial charge in [0.25, 0.3) is 0 Å². The lowest BCUT2D eigenvalue weighted by molar-refractivity contribution is -0.122. The van der Waals surface area contributed by atoms with Crippen LogP contribution >= 0.6 is 0 Å². The molecule has 4 nitrogen and oxygen atoms in total. The average molecular weight is 294 g/mol. The lowest BCUT2D eigenvalue weighted by Crippen LogP contribution is -2.39. The molecule has 2 rings (SSSR count). The minimum absolute atomic E-state index is 0.0300. The number of hydrogen-bond donors (Lipinski definition) is 1. The lowest BCUT2D eigenvalue weighted by atomic mass is 10.1. The number of halogens is 1. The summed E-state index contributed by atoms with van der Waals surface area (Å²) in [7, 11) is 1.93. The molecular formula is C16H23FN2O2. The van der Waals surface area contributed by atoms with Crippen molar-refractivity contribution in [3.63, 3.8) is 0 Å². The van der Waals surface area contributed by atoms with Gasteiger partial charge in [0, 0.05) is 19.7 Å². The highest BCUT2D eigenvalue weighted by Gasteiger charge is 2.17. The minimum Gasteiger partial charge on any atom is -0.377 e. The maximum Gasteiger partial charge on any atom is 0.234 e. The molecule has 21 heavy (non-hydrogen) atoms. The third-order valence-electron chi connectivity index (χ3n) is 3.61. The molecule has 1 heterocycles. The lowest BCUT2D eigenvalue weighted by Gasteiger charge is -2.27. The number of amides is 1. The predicted octanol–water partition coefficient (Wildman–Crippen LogP) is 1.94. The minimum atomic E-state index is -0.266. The highest BCUT2D eigenvalue weighted by molar-refractivity contribution is 5.77. The highest BCUT2D eigenvalue weighted by atomic mass is 19.1. The largest absolute Gasteiger partial charge is 0.377 e. The SMILES string of the molecule is CN(CC(=O)NCc1ccc(F)cc1)CC1CCCCO1. The Kier molecular flexibility index (Phi) is 6.14. The van der Waals surface area contributed by atoms with E-state index in [9.17, 15) is 9.18 Å². The number of likely N-dealkylation sites (N-methyl/N-ethyl adjacent to an activating group) is 1. The van der Waals surface area contributed by atoms with Crippen LogP contribution in [-0.4, -0.2) is 43.7 Å². The van der Waals surface area contributed by atoms with Crippen LogP contribution in [0.4, 0.5) is 4.39 Å². The van der Waals surface area contributed by atoms with Crippen molar-refractivity contribution in [3.8, 4) is 0 Å². The Balaban J connectivity index is 1.67. The van der Waals surface area contributed by atoms with E-state index in [-0.39, 0.29) is 17.8 Å². The first kappa shape index (κ1) is 15.9. The van der Waals surface area contributed by atoms with Crippen molar-refractivity contribution >= 4 is 5.91 Å². The first-order valence-electron chi connectivity index (χ1n) is 7.45. The van der Waals surface area contributed by atoms with Gasteiger partial charge in [-0.05, 0) is 44.0 Å². The normalized spacial score (nSPS) is 18.7. The summed E-state index contributed by atoms with van der Waals surface area (Å²) >= 11 is 0. The molecule has 0 bridgehead atoms. The van der Waals surface area contributed by atoms with E-state index in [0.29, 0.717) is 13.1 Å². The van der Waals surface area contributed by atoms with Gasteiger partial charge in [0.2, 0.25) is 5.91 Å². The van der Waals surface area contributed by atoms with Crippen LogP contribution in [0, 0.1) is 5.82 Å². The number of nitrogens with one attached hydrogen (secondary N) is 1. The monoisotopic (exact) mass is 294 g/mol. The van der Waals surface area contributed by atoms with E-state index in [4.69, 9.17) is 4.74 Å². The molecule has 1 amide bonds. The maximum atomic E-state index is 12.8. The number of benzene rings is 1. The molecule has 0 spiro atoms. The van der Waals surface area contributed by atoms with Crippen LogP contribution in [0.5, 0.6) is 0 Å². The van der Waals surface area contributed by atoms with Crippen molar-refractivity contribution in [2.24, 2.45) is 0 Å².